The molecule has 3 amide bonds. The van der Waals surface area contributed by atoms with Gasteiger partial charge in [-0.3, -0.25) is 19.3 Å². The van der Waals surface area contributed by atoms with Crippen molar-refractivity contribution in [2.45, 2.75) is 6.04 Å². The fraction of sp³-hybridized carbons (Fsp3) is 0.250. The van der Waals surface area contributed by atoms with E-state index in [0.29, 0.717) is 22.7 Å². The fourth-order valence-corrected chi connectivity index (χ4v) is 4.20. The number of nitrogens with zero attached hydrogens (tertiary/aromatic N) is 2. The van der Waals surface area contributed by atoms with Gasteiger partial charge in [-0.05, 0) is 41.4 Å². The standard InChI is InChI=1S/C24H27N5O6S/c1-33-12-11-27-23(31)20(14-7-9-16(34-2)10-8-14)29(15-5-4-6-17(13-15)35-3)24(32)21-18(25)19(22(26)30)28-36-21/h4-10,13,20H,11-12,25H2,1-3H3,(H2,26,30)(H,27,31). The maximum atomic E-state index is 14.0. The molecule has 0 saturated carbocycles. The number of benzene rings is 2. The van der Waals surface area contributed by atoms with Crippen LogP contribution in [0.15, 0.2) is 48.5 Å². The number of rotatable bonds is 11. The highest BCUT2D eigenvalue weighted by molar-refractivity contribution is 7.09. The van der Waals surface area contributed by atoms with Crippen LogP contribution in [-0.2, 0) is 9.53 Å². The first kappa shape index (κ1) is 26.4. The van der Waals surface area contributed by atoms with Crippen molar-refractivity contribution in [3.8, 4) is 11.5 Å². The van der Waals surface area contributed by atoms with Crippen molar-refractivity contribution in [3.63, 3.8) is 0 Å². The highest BCUT2D eigenvalue weighted by Crippen LogP contribution is 2.35. The molecule has 5 N–H and O–H groups in total. The first-order valence-corrected chi connectivity index (χ1v) is 11.5. The van der Waals surface area contributed by atoms with E-state index < -0.39 is 23.8 Å². The van der Waals surface area contributed by atoms with Crippen molar-refractivity contribution in [1.82, 2.24) is 9.69 Å². The van der Waals surface area contributed by atoms with Gasteiger partial charge < -0.3 is 31.0 Å². The number of hydrogen-bond acceptors (Lipinski definition) is 9. The number of hydrogen-bond donors (Lipinski definition) is 3. The lowest BCUT2D eigenvalue weighted by molar-refractivity contribution is -0.122. The third-order valence-electron chi connectivity index (χ3n) is 5.25. The van der Waals surface area contributed by atoms with E-state index in [2.05, 4.69) is 9.69 Å². The predicted octanol–water partition coefficient (Wildman–Crippen LogP) is 1.99. The van der Waals surface area contributed by atoms with Gasteiger partial charge in [0.15, 0.2) is 5.69 Å². The maximum Gasteiger partial charge on any atom is 0.273 e. The SMILES string of the molecule is COCCNC(=O)C(c1ccc(OC)cc1)N(C(=O)c1snc(C(N)=O)c1N)c1cccc(OC)c1. The lowest BCUT2D eigenvalue weighted by Gasteiger charge is -2.31. The summed E-state index contributed by atoms with van der Waals surface area (Å²) in [5.74, 6) is -0.928. The van der Waals surface area contributed by atoms with Crippen LogP contribution in [0.3, 0.4) is 0 Å². The molecule has 0 saturated heterocycles. The van der Waals surface area contributed by atoms with Gasteiger partial charge in [0.1, 0.15) is 22.4 Å². The third-order valence-corrected chi connectivity index (χ3v) is 6.10. The van der Waals surface area contributed by atoms with E-state index in [1.54, 1.807) is 48.5 Å². The highest BCUT2D eigenvalue weighted by atomic mass is 32.1. The number of nitrogen functional groups attached to an aromatic ring is 1. The molecular formula is C24H27N5O6S. The van der Waals surface area contributed by atoms with E-state index in [-0.39, 0.29) is 29.4 Å². The minimum absolute atomic E-state index is 0.0326. The minimum atomic E-state index is -1.13. The van der Waals surface area contributed by atoms with Gasteiger partial charge in [-0.1, -0.05) is 18.2 Å². The fourth-order valence-electron chi connectivity index (χ4n) is 3.46. The number of carbonyl (C=O) groups is 3. The second-order valence-electron chi connectivity index (χ2n) is 7.47. The van der Waals surface area contributed by atoms with E-state index in [1.807, 2.05) is 0 Å². The monoisotopic (exact) mass is 513 g/mol. The summed E-state index contributed by atoms with van der Waals surface area (Å²) in [6.45, 7) is 0.495. The van der Waals surface area contributed by atoms with E-state index in [9.17, 15) is 14.4 Å². The molecule has 1 atom stereocenters. The Labute approximate surface area is 212 Å². The largest absolute Gasteiger partial charge is 0.497 e. The Morgan fingerprint density at radius 1 is 1.06 bits per heavy atom. The molecule has 12 heteroatoms. The van der Waals surface area contributed by atoms with Crippen LogP contribution in [-0.4, -0.2) is 56.6 Å². The van der Waals surface area contributed by atoms with Crippen LogP contribution in [0.1, 0.15) is 31.8 Å². The molecule has 3 rings (SSSR count). The zero-order valence-electron chi connectivity index (χ0n) is 20.0. The Balaban J connectivity index is 2.19. The zero-order chi connectivity index (χ0) is 26.2. The Morgan fingerprint density at radius 2 is 1.75 bits per heavy atom. The summed E-state index contributed by atoms with van der Waals surface area (Å²) in [5, 5.41) is 2.80. The van der Waals surface area contributed by atoms with Crippen LogP contribution >= 0.6 is 11.5 Å². The molecule has 2 aromatic carbocycles. The van der Waals surface area contributed by atoms with Crippen LogP contribution in [0, 0.1) is 0 Å². The Kier molecular flexibility index (Phi) is 8.81. The molecule has 0 aliphatic heterocycles. The normalized spacial score (nSPS) is 11.4. The number of carbonyl (C=O) groups excluding carboxylic acids is 3. The lowest BCUT2D eigenvalue weighted by Crippen LogP contribution is -2.44. The molecule has 0 radical (unpaired) electrons. The molecule has 3 aromatic rings. The maximum absolute atomic E-state index is 14.0. The number of amides is 3. The summed E-state index contributed by atoms with van der Waals surface area (Å²) in [6, 6.07) is 12.3. The van der Waals surface area contributed by atoms with Crippen molar-refractivity contribution in [2.24, 2.45) is 5.73 Å². The second kappa shape index (κ2) is 12.0. The van der Waals surface area contributed by atoms with Gasteiger partial charge in [0.25, 0.3) is 11.8 Å². The highest BCUT2D eigenvalue weighted by Gasteiger charge is 2.36. The molecular weight excluding hydrogens is 486 g/mol. The van der Waals surface area contributed by atoms with E-state index in [4.69, 9.17) is 25.7 Å². The molecule has 0 fully saturated rings. The minimum Gasteiger partial charge on any atom is -0.497 e. The third kappa shape index (κ3) is 5.73. The van der Waals surface area contributed by atoms with Crippen LogP contribution in [0.2, 0.25) is 0 Å². The molecule has 0 bridgehead atoms. The van der Waals surface area contributed by atoms with Crippen molar-refractivity contribution < 1.29 is 28.6 Å². The van der Waals surface area contributed by atoms with Gasteiger partial charge in [-0.2, -0.15) is 4.37 Å². The number of methoxy groups -OCH3 is 3. The number of nitrogens with one attached hydrogen (secondary N) is 1. The summed E-state index contributed by atoms with van der Waals surface area (Å²) in [7, 11) is 4.53. The number of ether oxygens (including phenoxy) is 3. The van der Waals surface area contributed by atoms with Crippen LogP contribution in [0.4, 0.5) is 11.4 Å². The molecule has 190 valence electrons. The van der Waals surface area contributed by atoms with E-state index in [1.165, 1.54) is 26.2 Å². The lowest BCUT2D eigenvalue weighted by atomic mass is 10.0. The number of nitrogens with two attached hydrogens (primary N) is 2. The number of aromatic nitrogens is 1. The topological polar surface area (TPSA) is 159 Å². The first-order valence-electron chi connectivity index (χ1n) is 10.8. The molecule has 1 heterocycles. The molecule has 0 spiro atoms. The summed E-state index contributed by atoms with van der Waals surface area (Å²) < 4.78 is 19.6. The molecule has 1 aromatic heterocycles. The molecule has 36 heavy (non-hydrogen) atoms. The average molecular weight is 514 g/mol. The Morgan fingerprint density at radius 3 is 2.33 bits per heavy atom. The number of anilines is 2. The van der Waals surface area contributed by atoms with Gasteiger partial charge in [0.2, 0.25) is 5.91 Å². The van der Waals surface area contributed by atoms with Gasteiger partial charge in [0, 0.05) is 25.4 Å². The van der Waals surface area contributed by atoms with Crippen molar-refractivity contribution in [3.05, 3.63) is 64.7 Å². The summed E-state index contributed by atoms with van der Waals surface area (Å²) in [5.41, 5.74) is 11.9. The van der Waals surface area contributed by atoms with Crippen molar-refractivity contribution in [2.75, 3.05) is 45.1 Å². The summed E-state index contributed by atoms with van der Waals surface area (Å²) in [4.78, 5) is 40.5. The molecule has 0 aliphatic rings. The van der Waals surface area contributed by atoms with Gasteiger partial charge in [-0.25, -0.2) is 0 Å². The van der Waals surface area contributed by atoms with E-state index >= 15 is 0 Å². The summed E-state index contributed by atoms with van der Waals surface area (Å²) >= 11 is 0.727. The predicted molar refractivity (Wildman–Crippen MR) is 135 cm³/mol. The van der Waals surface area contributed by atoms with Crippen LogP contribution in [0.25, 0.3) is 0 Å². The number of primary amides is 1. The van der Waals surface area contributed by atoms with Crippen molar-refractivity contribution >= 4 is 40.6 Å². The molecule has 1 unspecified atom stereocenters. The average Bonchev–Trinajstić information content (AvgIpc) is 3.28. The quantitative estimate of drug-likeness (QED) is 0.328. The first-order chi connectivity index (χ1) is 17.3. The summed E-state index contributed by atoms with van der Waals surface area (Å²) in [6.07, 6.45) is 0. The van der Waals surface area contributed by atoms with Crippen molar-refractivity contribution in [1.29, 1.82) is 0 Å². The van der Waals surface area contributed by atoms with Crippen LogP contribution < -0.4 is 31.2 Å². The van der Waals surface area contributed by atoms with E-state index in [0.717, 1.165) is 11.5 Å². The Hall–Kier alpha value is -4.16. The zero-order valence-corrected chi connectivity index (χ0v) is 20.8. The molecule has 0 aliphatic carbocycles. The van der Waals surface area contributed by atoms with Gasteiger partial charge >= 0.3 is 0 Å². The second-order valence-corrected chi connectivity index (χ2v) is 8.25. The molecule has 11 nitrogen and oxygen atoms in total. The van der Waals surface area contributed by atoms with Gasteiger partial charge in [0.05, 0.1) is 26.5 Å². The smallest absolute Gasteiger partial charge is 0.273 e. The Bertz CT molecular complexity index is 1230. The van der Waals surface area contributed by atoms with Gasteiger partial charge in [-0.15, -0.1) is 0 Å². The van der Waals surface area contributed by atoms with Crippen LogP contribution in [0.5, 0.6) is 11.5 Å².